The highest BCUT2D eigenvalue weighted by Gasteiger charge is 2.20. The van der Waals surface area contributed by atoms with E-state index in [9.17, 15) is 4.79 Å². The van der Waals surface area contributed by atoms with E-state index in [1.54, 1.807) is 6.20 Å². The van der Waals surface area contributed by atoms with Crippen LogP contribution in [0.4, 0.5) is 0 Å². The van der Waals surface area contributed by atoms with Gasteiger partial charge in [-0.25, -0.2) is 0 Å². The Morgan fingerprint density at radius 1 is 1.20 bits per heavy atom. The number of hydrogen-bond acceptors (Lipinski definition) is 4. The number of carbonyl (C=O) groups is 1. The maximum absolute atomic E-state index is 11.9. The molecule has 1 aliphatic rings. The smallest absolute Gasteiger partial charge is 0.184 e. The molecular weight excluding hydrogens is 250 g/mol. The molecule has 0 saturated carbocycles. The SMILES string of the molecule is Cc1ncccc1-c1ccc2c(c1)C(CN)=NCC2=O. The summed E-state index contributed by atoms with van der Waals surface area (Å²) in [6.07, 6.45) is 1.77. The minimum absolute atomic E-state index is 0.0478. The van der Waals surface area contributed by atoms with Crippen LogP contribution in [0.1, 0.15) is 21.6 Å². The van der Waals surface area contributed by atoms with Crippen molar-refractivity contribution >= 4 is 11.5 Å². The van der Waals surface area contributed by atoms with Gasteiger partial charge in [0, 0.05) is 35.1 Å². The van der Waals surface area contributed by atoms with Crippen LogP contribution in [0.2, 0.25) is 0 Å². The monoisotopic (exact) mass is 265 g/mol. The number of aryl methyl sites for hydroxylation is 1. The van der Waals surface area contributed by atoms with Crippen molar-refractivity contribution in [3.05, 3.63) is 53.3 Å². The number of nitrogens with zero attached hydrogens (tertiary/aromatic N) is 2. The molecule has 0 unspecified atom stereocenters. The summed E-state index contributed by atoms with van der Waals surface area (Å²) in [5.41, 5.74) is 11.1. The van der Waals surface area contributed by atoms with Gasteiger partial charge in [-0.2, -0.15) is 0 Å². The molecule has 4 heteroatoms. The Balaban J connectivity index is 2.17. The minimum Gasteiger partial charge on any atom is -0.325 e. The molecular formula is C16H15N3O. The van der Waals surface area contributed by atoms with Crippen molar-refractivity contribution in [2.45, 2.75) is 6.92 Å². The number of aromatic nitrogens is 1. The molecule has 0 bridgehead atoms. The van der Waals surface area contributed by atoms with Crippen LogP contribution in [0, 0.1) is 6.92 Å². The van der Waals surface area contributed by atoms with E-state index in [0.29, 0.717) is 12.1 Å². The van der Waals surface area contributed by atoms with Crippen molar-refractivity contribution in [1.29, 1.82) is 0 Å². The van der Waals surface area contributed by atoms with E-state index in [1.165, 1.54) is 0 Å². The number of nitrogens with two attached hydrogens (primary N) is 1. The Kier molecular flexibility index (Phi) is 3.16. The van der Waals surface area contributed by atoms with Gasteiger partial charge in [0.25, 0.3) is 0 Å². The first kappa shape index (κ1) is 12.7. The van der Waals surface area contributed by atoms with Gasteiger partial charge in [-0.15, -0.1) is 0 Å². The molecule has 0 atom stereocenters. The summed E-state index contributed by atoms with van der Waals surface area (Å²) in [7, 11) is 0. The number of ketones is 1. The zero-order valence-electron chi connectivity index (χ0n) is 11.3. The number of carbonyl (C=O) groups excluding carboxylic acids is 1. The molecule has 4 nitrogen and oxygen atoms in total. The summed E-state index contributed by atoms with van der Waals surface area (Å²) in [5, 5.41) is 0. The van der Waals surface area contributed by atoms with Crippen molar-refractivity contribution in [3.8, 4) is 11.1 Å². The standard InChI is InChI=1S/C16H15N3O/c1-10-12(3-2-6-18-10)11-4-5-13-14(7-11)15(8-17)19-9-16(13)20/h2-7H,8-9,17H2,1H3. The lowest BCUT2D eigenvalue weighted by Crippen LogP contribution is -2.24. The lowest BCUT2D eigenvalue weighted by atomic mass is 9.92. The van der Waals surface area contributed by atoms with E-state index in [-0.39, 0.29) is 12.3 Å². The van der Waals surface area contributed by atoms with Crippen LogP contribution in [0.3, 0.4) is 0 Å². The Morgan fingerprint density at radius 2 is 2.05 bits per heavy atom. The van der Waals surface area contributed by atoms with E-state index in [0.717, 1.165) is 28.1 Å². The van der Waals surface area contributed by atoms with Crippen LogP contribution in [0.25, 0.3) is 11.1 Å². The number of benzene rings is 1. The molecule has 100 valence electrons. The highest BCUT2D eigenvalue weighted by atomic mass is 16.1. The normalized spacial score (nSPS) is 13.9. The molecule has 2 heterocycles. The average molecular weight is 265 g/mol. The van der Waals surface area contributed by atoms with Crippen molar-refractivity contribution in [2.24, 2.45) is 10.7 Å². The second kappa shape index (κ2) is 4.98. The second-order valence-electron chi connectivity index (χ2n) is 4.79. The predicted molar refractivity (Wildman–Crippen MR) is 79.2 cm³/mol. The molecule has 0 amide bonds. The number of rotatable bonds is 2. The Morgan fingerprint density at radius 3 is 2.80 bits per heavy atom. The largest absolute Gasteiger partial charge is 0.325 e. The first-order chi connectivity index (χ1) is 9.70. The zero-order valence-corrected chi connectivity index (χ0v) is 11.3. The van der Waals surface area contributed by atoms with Gasteiger partial charge in [0.1, 0.15) is 6.54 Å². The lowest BCUT2D eigenvalue weighted by molar-refractivity contribution is 0.1000. The highest BCUT2D eigenvalue weighted by Crippen LogP contribution is 2.26. The number of aliphatic imine (C=N–C) groups is 1. The maximum Gasteiger partial charge on any atom is 0.184 e. The van der Waals surface area contributed by atoms with E-state index in [4.69, 9.17) is 5.73 Å². The maximum atomic E-state index is 11.9. The Bertz CT molecular complexity index is 719. The van der Waals surface area contributed by atoms with Crippen molar-refractivity contribution in [2.75, 3.05) is 13.1 Å². The third-order valence-corrected chi connectivity index (χ3v) is 3.56. The minimum atomic E-state index is 0.0478. The summed E-state index contributed by atoms with van der Waals surface area (Å²) in [4.78, 5) is 20.5. The van der Waals surface area contributed by atoms with Gasteiger partial charge in [-0.3, -0.25) is 14.8 Å². The van der Waals surface area contributed by atoms with Crippen LogP contribution in [0.15, 0.2) is 41.5 Å². The number of fused-ring (bicyclic) bond motifs is 1. The average Bonchev–Trinajstić information content (AvgIpc) is 2.48. The van der Waals surface area contributed by atoms with E-state index < -0.39 is 0 Å². The number of hydrogen-bond donors (Lipinski definition) is 1. The summed E-state index contributed by atoms with van der Waals surface area (Å²) < 4.78 is 0. The summed E-state index contributed by atoms with van der Waals surface area (Å²) in [5.74, 6) is 0.0478. The molecule has 3 rings (SSSR count). The number of pyridine rings is 1. The van der Waals surface area contributed by atoms with Gasteiger partial charge in [0.05, 0.1) is 5.71 Å². The van der Waals surface area contributed by atoms with Gasteiger partial charge >= 0.3 is 0 Å². The number of Topliss-reactive ketones (excluding diaryl/α,β-unsaturated/α-hetero) is 1. The van der Waals surface area contributed by atoms with Crippen molar-refractivity contribution in [1.82, 2.24) is 4.98 Å². The van der Waals surface area contributed by atoms with Crippen LogP contribution in [-0.2, 0) is 0 Å². The first-order valence-corrected chi connectivity index (χ1v) is 6.53. The van der Waals surface area contributed by atoms with Crippen LogP contribution in [0.5, 0.6) is 0 Å². The van der Waals surface area contributed by atoms with Gasteiger partial charge in [-0.05, 0) is 24.6 Å². The molecule has 1 aliphatic heterocycles. The van der Waals surface area contributed by atoms with Crippen LogP contribution >= 0.6 is 0 Å². The fraction of sp³-hybridized carbons (Fsp3) is 0.188. The summed E-state index contributed by atoms with van der Waals surface area (Å²) in [6.45, 7) is 2.51. The van der Waals surface area contributed by atoms with Gasteiger partial charge < -0.3 is 5.73 Å². The summed E-state index contributed by atoms with van der Waals surface area (Å²) in [6, 6.07) is 9.74. The molecule has 1 aromatic heterocycles. The lowest BCUT2D eigenvalue weighted by Gasteiger charge is -2.16. The van der Waals surface area contributed by atoms with Crippen LogP contribution in [-0.4, -0.2) is 29.6 Å². The van der Waals surface area contributed by atoms with Crippen LogP contribution < -0.4 is 5.73 Å². The Hall–Kier alpha value is -2.33. The third kappa shape index (κ3) is 2.04. The van der Waals surface area contributed by atoms with Crippen molar-refractivity contribution < 1.29 is 4.79 Å². The second-order valence-corrected chi connectivity index (χ2v) is 4.79. The molecule has 20 heavy (non-hydrogen) atoms. The molecule has 0 saturated heterocycles. The zero-order chi connectivity index (χ0) is 14.1. The van der Waals surface area contributed by atoms with Gasteiger partial charge in [-0.1, -0.05) is 18.2 Å². The summed E-state index contributed by atoms with van der Waals surface area (Å²) >= 11 is 0. The van der Waals surface area contributed by atoms with E-state index in [2.05, 4.69) is 9.98 Å². The molecule has 2 N–H and O–H groups in total. The molecule has 0 aliphatic carbocycles. The molecule has 0 fully saturated rings. The molecule has 0 radical (unpaired) electrons. The molecule has 1 aromatic carbocycles. The fourth-order valence-electron chi connectivity index (χ4n) is 2.50. The molecule has 2 aromatic rings. The third-order valence-electron chi connectivity index (χ3n) is 3.56. The van der Waals surface area contributed by atoms with Gasteiger partial charge in [0.15, 0.2) is 5.78 Å². The quantitative estimate of drug-likeness (QED) is 0.903. The molecule has 0 spiro atoms. The fourth-order valence-corrected chi connectivity index (χ4v) is 2.50. The Labute approximate surface area is 117 Å². The van der Waals surface area contributed by atoms with Gasteiger partial charge in [0.2, 0.25) is 0 Å². The topological polar surface area (TPSA) is 68.3 Å². The van der Waals surface area contributed by atoms with E-state index in [1.807, 2.05) is 37.3 Å². The highest BCUT2D eigenvalue weighted by molar-refractivity contribution is 6.16. The predicted octanol–water partition coefficient (Wildman–Crippen LogP) is 2.00. The first-order valence-electron chi connectivity index (χ1n) is 6.53. The van der Waals surface area contributed by atoms with Crippen molar-refractivity contribution in [3.63, 3.8) is 0 Å². The van der Waals surface area contributed by atoms with E-state index >= 15 is 0 Å².